The van der Waals surface area contributed by atoms with Crippen LogP contribution in [0.5, 0.6) is 0 Å². The number of benzene rings is 2. The number of nitrogens with one attached hydrogen (secondary N) is 1. The second-order valence-corrected chi connectivity index (χ2v) is 9.01. The van der Waals surface area contributed by atoms with E-state index in [0.29, 0.717) is 22.4 Å². The molecule has 4 rings (SSSR count). The van der Waals surface area contributed by atoms with Gasteiger partial charge in [-0.1, -0.05) is 36.0 Å². The first kappa shape index (κ1) is 23.5. The molecule has 0 radical (unpaired) electrons. The van der Waals surface area contributed by atoms with Crippen molar-refractivity contribution in [3.05, 3.63) is 60.4 Å². The highest BCUT2D eigenvalue weighted by Crippen LogP contribution is 2.41. The molecule has 34 heavy (non-hydrogen) atoms. The van der Waals surface area contributed by atoms with Gasteiger partial charge in [0.15, 0.2) is 5.16 Å². The van der Waals surface area contributed by atoms with Crippen LogP contribution < -0.4 is 16.0 Å². The first-order valence-electron chi connectivity index (χ1n) is 11.0. The molecule has 0 bridgehead atoms. The molecule has 176 valence electrons. The van der Waals surface area contributed by atoms with Gasteiger partial charge in [-0.05, 0) is 43.2 Å². The maximum atomic E-state index is 13.2. The van der Waals surface area contributed by atoms with Crippen molar-refractivity contribution >= 4 is 40.9 Å². The molecule has 1 saturated carbocycles. The molecule has 1 aliphatic rings. The van der Waals surface area contributed by atoms with E-state index in [4.69, 9.17) is 5.73 Å². The topological polar surface area (TPSA) is 123 Å². The molecule has 0 saturated heterocycles. The van der Waals surface area contributed by atoms with Crippen LogP contribution in [0.3, 0.4) is 0 Å². The molecule has 0 spiro atoms. The molecular weight excluding hydrogens is 452 g/mol. The third-order valence-corrected chi connectivity index (χ3v) is 6.21. The highest BCUT2D eigenvalue weighted by Gasteiger charge is 2.31. The number of anilines is 2. The zero-order valence-electron chi connectivity index (χ0n) is 18.8. The highest BCUT2D eigenvalue weighted by atomic mass is 32.2. The van der Waals surface area contributed by atoms with E-state index < -0.39 is 5.91 Å². The van der Waals surface area contributed by atoms with Gasteiger partial charge in [0.2, 0.25) is 17.7 Å². The predicted molar refractivity (Wildman–Crippen MR) is 131 cm³/mol. The van der Waals surface area contributed by atoms with Crippen LogP contribution in [0.25, 0.3) is 5.69 Å². The number of primary amides is 1. The Morgan fingerprint density at radius 2 is 1.88 bits per heavy atom. The van der Waals surface area contributed by atoms with Crippen molar-refractivity contribution in [3.8, 4) is 5.69 Å². The number of carbonyl (C=O) groups is 3. The van der Waals surface area contributed by atoms with Gasteiger partial charge in [-0.2, -0.15) is 0 Å². The van der Waals surface area contributed by atoms with E-state index in [9.17, 15) is 14.4 Å². The van der Waals surface area contributed by atoms with Crippen LogP contribution in [0.4, 0.5) is 11.4 Å². The molecule has 0 unspecified atom stereocenters. The molecule has 1 heterocycles. The number of carbonyl (C=O) groups excluding carboxylic acids is 3. The SMILES string of the molecule is CC(=O)Nc1cccc(-n2c(SCC(=O)N(CCC(N)=O)c3ccccc3)nnc2C2CC2)c1. The van der Waals surface area contributed by atoms with Crippen LogP contribution in [0.15, 0.2) is 59.8 Å². The molecule has 1 fully saturated rings. The van der Waals surface area contributed by atoms with Gasteiger partial charge in [-0.15, -0.1) is 10.2 Å². The van der Waals surface area contributed by atoms with E-state index in [0.717, 1.165) is 24.4 Å². The standard InChI is InChI=1S/C24H26N6O3S/c1-16(31)26-18-6-5-9-20(14-18)30-23(17-10-11-17)27-28-24(30)34-15-22(33)29(13-12-21(25)32)19-7-3-2-4-8-19/h2-9,14,17H,10-13,15H2,1H3,(H2,25,32)(H,26,31). The smallest absolute Gasteiger partial charge is 0.237 e. The van der Waals surface area contributed by atoms with Crippen LogP contribution in [-0.2, 0) is 14.4 Å². The normalized spacial score (nSPS) is 12.9. The van der Waals surface area contributed by atoms with Crippen LogP contribution >= 0.6 is 11.8 Å². The fourth-order valence-electron chi connectivity index (χ4n) is 3.58. The quantitative estimate of drug-likeness (QED) is 0.432. The molecular formula is C24H26N6O3S. The summed E-state index contributed by atoms with van der Waals surface area (Å²) in [5, 5.41) is 12.2. The largest absolute Gasteiger partial charge is 0.370 e. The lowest BCUT2D eigenvalue weighted by Crippen LogP contribution is -2.35. The van der Waals surface area contributed by atoms with Crippen LogP contribution in [0, 0.1) is 0 Å². The van der Waals surface area contributed by atoms with Crippen molar-refractivity contribution in [1.82, 2.24) is 14.8 Å². The summed E-state index contributed by atoms with van der Waals surface area (Å²) in [6.45, 7) is 1.67. The van der Waals surface area contributed by atoms with Crippen molar-refractivity contribution < 1.29 is 14.4 Å². The summed E-state index contributed by atoms with van der Waals surface area (Å²) >= 11 is 1.29. The number of nitrogens with two attached hydrogens (primary N) is 1. The Kier molecular flexibility index (Phi) is 7.27. The van der Waals surface area contributed by atoms with Crippen molar-refractivity contribution in [3.63, 3.8) is 0 Å². The maximum Gasteiger partial charge on any atom is 0.237 e. The summed E-state index contributed by atoms with van der Waals surface area (Å²) in [6, 6.07) is 16.7. The van der Waals surface area contributed by atoms with E-state index in [1.165, 1.54) is 18.7 Å². The summed E-state index contributed by atoms with van der Waals surface area (Å²) in [4.78, 5) is 37.6. The highest BCUT2D eigenvalue weighted by molar-refractivity contribution is 7.99. The minimum absolute atomic E-state index is 0.0727. The average Bonchev–Trinajstić information content (AvgIpc) is 3.57. The van der Waals surface area contributed by atoms with Crippen molar-refractivity contribution in [2.45, 2.75) is 37.3 Å². The second kappa shape index (κ2) is 10.5. The molecule has 2 aromatic carbocycles. The lowest BCUT2D eigenvalue weighted by atomic mass is 10.2. The van der Waals surface area contributed by atoms with Crippen LogP contribution in [0.2, 0.25) is 0 Å². The van der Waals surface area contributed by atoms with Gasteiger partial charge in [0.1, 0.15) is 5.82 Å². The van der Waals surface area contributed by atoms with E-state index >= 15 is 0 Å². The number of aromatic nitrogens is 3. The van der Waals surface area contributed by atoms with Gasteiger partial charge < -0.3 is 16.0 Å². The summed E-state index contributed by atoms with van der Waals surface area (Å²) in [5.74, 6) is 0.519. The molecule has 0 atom stereocenters. The maximum absolute atomic E-state index is 13.2. The predicted octanol–water partition coefficient (Wildman–Crippen LogP) is 3.10. The minimum Gasteiger partial charge on any atom is -0.370 e. The van der Waals surface area contributed by atoms with Gasteiger partial charge in [0, 0.05) is 37.2 Å². The third kappa shape index (κ3) is 5.82. The summed E-state index contributed by atoms with van der Waals surface area (Å²) in [5.41, 5.74) is 7.52. The number of para-hydroxylation sites is 1. The lowest BCUT2D eigenvalue weighted by molar-refractivity contribution is -0.118. The van der Waals surface area contributed by atoms with Crippen molar-refractivity contribution in [1.29, 1.82) is 0 Å². The number of hydrogen-bond acceptors (Lipinski definition) is 6. The van der Waals surface area contributed by atoms with E-state index in [1.807, 2.05) is 59.2 Å². The summed E-state index contributed by atoms with van der Waals surface area (Å²) in [7, 11) is 0. The van der Waals surface area contributed by atoms with Gasteiger partial charge >= 0.3 is 0 Å². The Morgan fingerprint density at radius 3 is 2.56 bits per heavy atom. The first-order valence-corrected chi connectivity index (χ1v) is 12.0. The average molecular weight is 479 g/mol. The van der Waals surface area contributed by atoms with E-state index in [2.05, 4.69) is 15.5 Å². The number of amides is 3. The Balaban J connectivity index is 1.56. The van der Waals surface area contributed by atoms with Gasteiger partial charge in [-0.3, -0.25) is 19.0 Å². The second-order valence-electron chi connectivity index (χ2n) is 8.07. The minimum atomic E-state index is -0.464. The van der Waals surface area contributed by atoms with Gasteiger partial charge in [0.25, 0.3) is 0 Å². The van der Waals surface area contributed by atoms with Crippen molar-refractivity contribution in [2.24, 2.45) is 5.73 Å². The molecule has 3 aromatic rings. The number of rotatable bonds is 10. The fourth-order valence-corrected chi connectivity index (χ4v) is 4.42. The third-order valence-electron chi connectivity index (χ3n) is 5.30. The lowest BCUT2D eigenvalue weighted by Gasteiger charge is -2.22. The zero-order chi connectivity index (χ0) is 24.1. The summed E-state index contributed by atoms with van der Waals surface area (Å²) < 4.78 is 1.96. The zero-order valence-corrected chi connectivity index (χ0v) is 19.6. The summed E-state index contributed by atoms with van der Waals surface area (Å²) in [6.07, 6.45) is 2.16. The first-order chi connectivity index (χ1) is 16.4. The fraction of sp³-hybridized carbons (Fsp3) is 0.292. The Labute approximate surface area is 201 Å². The van der Waals surface area contributed by atoms with E-state index in [1.54, 1.807) is 4.90 Å². The Hall–Kier alpha value is -3.66. The molecule has 1 aromatic heterocycles. The van der Waals surface area contributed by atoms with E-state index in [-0.39, 0.29) is 30.5 Å². The number of thioether (sulfide) groups is 1. The molecule has 1 aliphatic carbocycles. The molecule has 9 nitrogen and oxygen atoms in total. The van der Waals surface area contributed by atoms with Gasteiger partial charge in [-0.25, -0.2) is 0 Å². The van der Waals surface area contributed by atoms with Crippen molar-refractivity contribution in [2.75, 3.05) is 22.5 Å². The number of nitrogens with zero attached hydrogens (tertiary/aromatic N) is 4. The molecule has 3 N–H and O–H groups in total. The molecule has 3 amide bonds. The number of hydrogen-bond donors (Lipinski definition) is 2. The molecule has 10 heteroatoms. The Bertz CT molecular complexity index is 1190. The molecule has 0 aliphatic heterocycles. The van der Waals surface area contributed by atoms with Crippen LogP contribution in [-0.4, -0.2) is 44.8 Å². The monoisotopic (exact) mass is 478 g/mol. The Morgan fingerprint density at radius 1 is 1.12 bits per heavy atom. The van der Waals surface area contributed by atoms with Gasteiger partial charge in [0.05, 0.1) is 11.4 Å². The van der Waals surface area contributed by atoms with Crippen LogP contribution in [0.1, 0.15) is 37.9 Å².